The normalized spacial score (nSPS) is 19.8. The standard InChI is InChI=1S/C9H15IO.C7H8O3S/c10-8-6-4-2-1-3-5-7-9(8)11;1-6-2-4-7(5-3-6)11(8,9)10/h6,9,11H,1-5,7H2;2-5H,1H3,(H,8,9,10). The summed E-state index contributed by atoms with van der Waals surface area (Å²) in [4.78, 5) is -0.0666. The van der Waals surface area contributed by atoms with Gasteiger partial charge in [0.1, 0.15) is 0 Å². The Kier molecular flexibility index (Phi) is 8.59. The Morgan fingerprint density at radius 2 is 1.68 bits per heavy atom. The average Bonchev–Trinajstić information content (AvgIpc) is 2.53. The van der Waals surface area contributed by atoms with Crippen molar-refractivity contribution in [2.75, 3.05) is 0 Å². The van der Waals surface area contributed by atoms with E-state index < -0.39 is 10.1 Å². The van der Waals surface area contributed by atoms with E-state index in [0.717, 1.165) is 22.0 Å². The molecule has 1 aliphatic carbocycles. The van der Waals surface area contributed by atoms with Crippen LogP contribution in [0.1, 0.15) is 44.1 Å². The first-order chi connectivity index (χ1) is 10.3. The largest absolute Gasteiger partial charge is 0.388 e. The number of aryl methyl sites for hydroxylation is 1. The quantitative estimate of drug-likeness (QED) is 0.508. The van der Waals surface area contributed by atoms with Crippen LogP contribution < -0.4 is 0 Å². The molecule has 0 aromatic heterocycles. The lowest BCUT2D eigenvalue weighted by molar-refractivity contribution is 0.207. The Morgan fingerprint density at radius 1 is 1.09 bits per heavy atom. The van der Waals surface area contributed by atoms with Crippen LogP contribution in [0.2, 0.25) is 0 Å². The van der Waals surface area contributed by atoms with Gasteiger partial charge in [0.15, 0.2) is 0 Å². The highest BCUT2D eigenvalue weighted by Crippen LogP contribution is 2.21. The maximum absolute atomic E-state index is 10.5. The molecule has 0 heterocycles. The van der Waals surface area contributed by atoms with Crippen molar-refractivity contribution < 1.29 is 18.1 Å². The molecule has 22 heavy (non-hydrogen) atoms. The van der Waals surface area contributed by atoms with Crippen LogP contribution in [0.3, 0.4) is 0 Å². The van der Waals surface area contributed by atoms with E-state index in [9.17, 15) is 13.5 Å². The molecule has 0 radical (unpaired) electrons. The van der Waals surface area contributed by atoms with Crippen LogP contribution in [0.25, 0.3) is 0 Å². The van der Waals surface area contributed by atoms with Crippen molar-refractivity contribution in [3.8, 4) is 0 Å². The molecule has 0 spiro atoms. The van der Waals surface area contributed by atoms with Crippen molar-refractivity contribution in [1.82, 2.24) is 0 Å². The summed E-state index contributed by atoms with van der Waals surface area (Å²) >= 11 is 2.25. The van der Waals surface area contributed by atoms with Crippen LogP contribution in [0.4, 0.5) is 0 Å². The first-order valence-electron chi connectivity index (χ1n) is 7.38. The summed E-state index contributed by atoms with van der Waals surface area (Å²) in [5, 5.41) is 9.53. The number of hydrogen-bond donors (Lipinski definition) is 2. The van der Waals surface area contributed by atoms with Crippen LogP contribution >= 0.6 is 22.6 Å². The molecular formula is C16H23IO4S. The minimum absolute atomic E-state index is 0.0666. The SMILES string of the molecule is Cc1ccc(S(=O)(=O)O)cc1.OC1CCCCCCC=C1I. The number of allylic oxidation sites excluding steroid dienone is 1. The van der Waals surface area contributed by atoms with Gasteiger partial charge in [0.2, 0.25) is 0 Å². The number of aliphatic hydroxyl groups excluding tert-OH is 1. The maximum Gasteiger partial charge on any atom is 0.294 e. The molecule has 2 rings (SSSR count). The topological polar surface area (TPSA) is 74.6 Å². The average molecular weight is 438 g/mol. The first kappa shape index (κ1) is 19.6. The van der Waals surface area contributed by atoms with E-state index in [1.54, 1.807) is 12.1 Å². The fourth-order valence-corrected chi connectivity index (χ4v) is 3.16. The van der Waals surface area contributed by atoms with Gasteiger partial charge in [0, 0.05) is 3.58 Å². The molecule has 1 atom stereocenters. The fourth-order valence-electron chi connectivity index (χ4n) is 2.06. The van der Waals surface area contributed by atoms with Crippen LogP contribution in [-0.4, -0.2) is 24.2 Å². The molecule has 124 valence electrons. The van der Waals surface area contributed by atoms with Crippen molar-refractivity contribution in [1.29, 1.82) is 0 Å². The van der Waals surface area contributed by atoms with Crippen molar-refractivity contribution in [2.45, 2.75) is 56.4 Å². The number of halogens is 1. The minimum atomic E-state index is -4.02. The van der Waals surface area contributed by atoms with Gasteiger partial charge < -0.3 is 5.11 Å². The predicted molar refractivity (Wildman–Crippen MR) is 96.8 cm³/mol. The second-order valence-corrected chi connectivity index (χ2v) is 8.05. The highest BCUT2D eigenvalue weighted by Gasteiger charge is 2.08. The Bertz CT molecular complexity index is 579. The molecule has 0 amide bonds. The molecule has 1 aromatic carbocycles. The number of rotatable bonds is 1. The van der Waals surface area contributed by atoms with Crippen LogP contribution in [-0.2, 0) is 10.1 Å². The van der Waals surface area contributed by atoms with Crippen LogP contribution in [0.15, 0.2) is 38.8 Å². The van der Waals surface area contributed by atoms with E-state index in [1.165, 1.54) is 37.8 Å². The summed E-state index contributed by atoms with van der Waals surface area (Å²) in [6, 6.07) is 5.99. The van der Waals surface area contributed by atoms with E-state index in [4.69, 9.17) is 4.55 Å². The Labute approximate surface area is 146 Å². The van der Waals surface area contributed by atoms with Crippen molar-refractivity contribution in [2.24, 2.45) is 0 Å². The molecule has 0 aliphatic heterocycles. The van der Waals surface area contributed by atoms with Gasteiger partial charge in [-0.25, -0.2) is 0 Å². The zero-order valence-electron chi connectivity index (χ0n) is 12.7. The lowest BCUT2D eigenvalue weighted by atomic mass is 10.1. The lowest BCUT2D eigenvalue weighted by Crippen LogP contribution is -2.05. The van der Waals surface area contributed by atoms with Gasteiger partial charge >= 0.3 is 0 Å². The monoisotopic (exact) mass is 438 g/mol. The van der Waals surface area contributed by atoms with Gasteiger partial charge in [0.25, 0.3) is 10.1 Å². The summed E-state index contributed by atoms with van der Waals surface area (Å²) in [7, 11) is -4.02. The highest BCUT2D eigenvalue weighted by molar-refractivity contribution is 14.1. The first-order valence-corrected chi connectivity index (χ1v) is 9.90. The summed E-state index contributed by atoms with van der Waals surface area (Å²) in [5.41, 5.74) is 0.956. The van der Waals surface area contributed by atoms with Crippen molar-refractivity contribution >= 4 is 32.7 Å². The van der Waals surface area contributed by atoms with Crippen LogP contribution in [0.5, 0.6) is 0 Å². The van der Waals surface area contributed by atoms with Gasteiger partial charge in [-0.3, -0.25) is 4.55 Å². The summed E-state index contributed by atoms with van der Waals surface area (Å²) < 4.78 is 30.7. The van der Waals surface area contributed by atoms with Gasteiger partial charge in [-0.2, -0.15) is 8.42 Å². The Hall–Kier alpha value is -0.440. The summed E-state index contributed by atoms with van der Waals surface area (Å²) in [6.45, 7) is 1.84. The second-order valence-electron chi connectivity index (χ2n) is 5.38. The van der Waals surface area contributed by atoms with E-state index in [-0.39, 0.29) is 11.0 Å². The van der Waals surface area contributed by atoms with Crippen LogP contribution in [0, 0.1) is 6.92 Å². The van der Waals surface area contributed by atoms with Gasteiger partial charge in [-0.05, 0) is 60.9 Å². The van der Waals surface area contributed by atoms with Gasteiger partial charge in [-0.1, -0.05) is 43.0 Å². The number of benzene rings is 1. The molecule has 0 saturated carbocycles. The van der Waals surface area contributed by atoms with Gasteiger partial charge in [-0.15, -0.1) is 0 Å². The Morgan fingerprint density at radius 3 is 2.27 bits per heavy atom. The molecule has 1 aromatic rings. The predicted octanol–water partition coefficient (Wildman–Crippen LogP) is 4.26. The zero-order chi connectivity index (χ0) is 16.6. The maximum atomic E-state index is 10.5. The molecule has 0 fully saturated rings. The summed E-state index contributed by atoms with van der Waals surface area (Å²) in [5.74, 6) is 0. The van der Waals surface area contributed by atoms with E-state index in [1.807, 2.05) is 6.92 Å². The highest BCUT2D eigenvalue weighted by atomic mass is 127. The van der Waals surface area contributed by atoms with E-state index in [2.05, 4.69) is 28.7 Å². The molecule has 0 saturated heterocycles. The third-order valence-electron chi connectivity index (χ3n) is 3.41. The molecule has 1 unspecified atom stereocenters. The smallest absolute Gasteiger partial charge is 0.294 e. The van der Waals surface area contributed by atoms with E-state index in [0.29, 0.717) is 0 Å². The minimum Gasteiger partial charge on any atom is -0.388 e. The lowest BCUT2D eigenvalue weighted by Gasteiger charge is -2.07. The third-order valence-corrected chi connectivity index (χ3v) is 5.44. The third kappa shape index (κ3) is 7.71. The van der Waals surface area contributed by atoms with Crippen molar-refractivity contribution in [3.05, 3.63) is 39.5 Å². The molecular weight excluding hydrogens is 415 g/mol. The second kappa shape index (κ2) is 9.64. The van der Waals surface area contributed by atoms with Crippen molar-refractivity contribution in [3.63, 3.8) is 0 Å². The van der Waals surface area contributed by atoms with Gasteiger partial charge in [0.05, 0.1) is 11.0 Å². The number of hydrogen-bond acceptors (Lipinski definition) is 3. The zero-order valence-corrected chi connectivity index (χ0v) is 15.7. The number of aliphatic hydroxyl groups is 1. The molecule has 6 heteroatoms. The molecule has 1 aliphatic rings. The summed E-state index contributed by atoms with van der Waals surface area (Å²) in [6.07, 6.45) is 9.19. The van der Waals surface area contributed by atoms with E-state index >= 15 is 0 Å². The molecule has 2 N–H and O–H groups in total. The molecule has 0 bridgehead atoms. The molecule has 4 nitrogen and oxygen atoms in total. The fraction of sp³-hybridized carbons (Fsp3) is 0.500. The Balaban J connectivity index is 0.000000220.